The van der Waals surface area contributed by atoms with Gasteiger partial charge in [-0.25, -0.2) is 9.37 Å². The van der Waals surface area contributed by atoms with E-state index in [9.17, 15) is 9.50 Å². The van der Waals surface area contributed by atoms with Gasteiger partial charge in [-0.15, -0.1) is 0 Å². The molecule has 2 fully saturated rings. The second kappa shape index (κ2) is 11.5. The number of benzene rings is 1. The van der Waals surface area contributed by atoms with Crippen molar-refractivity contribution in [1.82, 2.24) is 14.8 Å². The monoisotopic (exact) mass is 508 g/mol. The number of aliphatic hydroxyl groups excluding tert-OH is 1. The first-order valence-electron chi connectivity index (χ1n) is 12.4. The fourth-order valence-corrected chi connectivity index (χ4v) is 5.79. The third-order valence-corrected chi connectivity index (χ3v) is 7.72. The SMILES string of the molecule is CCC[C@H]1CN(c2ncc(C(C)O)cc2Cl)CCN1C1CCN(Cc2ccc(Cl)cc2F)CC1. The van der Waals surface area contributed by atoms with Crippen LogP contribution < -0.4 is 4.90 Å². The van der Waals surface area contributed by atoms with Crippen molar-refractivity contribution in [3.8, 4) is 0 Å². The largest absolute Gasteiger partial charge is 0.389 e. The maximum absolute atomic E-state index is 14.2. The van der Waals surface area contributed by atoms with E-state index >= 15 is 0 Å². The first-order valence-corrected chi connectivity index (χ1v) is 13.1. The van der Waals surface area contributed by atoms with Crippen LogP contribution in [0.5, 0.6) is 0 Å². The van der Waals surface area contributed by atoms with Crippen molar-refractivity contribution in [2.45, 2.75) is 64.3 Å². The maximum Gasteiger partial charge on any atom is 0.147 e. The lowest BCUT2D eigenvalue weighted by atomic mass is 9.97. The summed E-state index contributed by atoms with van der Waals surface area (Å²) < 4.78 is 14.2. The van der Waals surface area contributed by atoms with Crippen molar-refractivity contribution in [1.29, 1.82) is 0 Å². The van der Waals surface area contributed by atoms with Crippen molar-refractivity contribution < 1.29 is 9.50 Å². The van der Waals surface area contributed by atoms with Crippen LogP contribution in [0.3, 0.4) is 0 Å². The fraction of sp³-hybridized carbons (Fsp3) is 0.577. The number of halogens is 3. The lowest BCUT2D eigenvalue weighted by molar-refractivity contribution is 0.0587. The number of piperidine rings is 1. The summed E-state index contributed by atoms with van der Waals surface area (Å²) in [5, 5.41) is 10.9. The van der Waals surface area contributed by atoms with E-state index in [-0.39, 0.29) is 5.82 Å². The number of rotatable bonds is 7. The molecule has 2 saturated heterocycles. The van der Waals surface area contributed by atoms with Gasteiger partial charge in [-0.2, -0.15) is 0 Å². The number of likely N-dealkylation sites (tertiary alicyclic amines) is 1. The zero-order chi connectivity index (χ0) is 24.2. The Morgan fingerprint density at radius 1 is 1.15 bits per heavy atom. The van der Waals surface area contributed by atoms with Crippen LogP contribution in [-0.4, -0.2) is 64.7 Å². The van der Waals surface area contributed by atoms with Crippen LogP contribution in [0.25, 0.3) is 0 Å². The molecule has 4 rings (SSSR count). The van der Waals surface area contributed by atoms with Gasteiger partial charge in [0.1, 0.15) is 11.6 Å². The predicted octanol–water partition coefficient (Wildman–Crippen LogP) is 5.54. The molecule has 1 aromatic carbocycles. The standard InChI is InChI=1S/C26H35Cl2FN4O/c1-3-4-23-17-32(26-24(28)13-20(15-30-26)18(2)34)11-12-33(23)22-7-9-31(10-8-22)16-19-5-6-21(27)14-25(19)29/h5-6,13-15,18,22-23,34H,3-4,7-12,16-17H2,1-2H3/t18?,23-/m0/s1. The van der Waals surface area contributed by atoms with Gasteiger partial charge in [-0.1, -0.05) is 42.6 Å². The summed E-state index contributed by atoms with van der Waals surface area (Å²) in [6.07, 6.45) is 5.61. The molecule has 2 aliphatic heterocycles. The second-order valence-corrected chi connectivity index (χ2v) is 10.5. The Bertz CT molecular complexity index is 968. The molecule has 0 bridgehead atoms. The highest BCUT2D eigenvalue weighted by Crippen LogP contribution is 2.31. The highest BCUT2D eigenvalue weighted by molar-refractivity contribution is 6.33. The minimum absolute atomic E-state index is 0.220. The van der Waals surface area contributed by atoms with E-state index < -0.39 is 6.10 Å². The number of aromatic nitrogens is 1. The fourth-order valence-electron chi connectivity index (χ4n) is 5.34. The average Bonchev–Trinajstić information content (AvgIpc) is 2.81. The Balaban J connectivity index is 1.36. The van der Waals surface area contributed by atoms with Gasteiger partial charge in [-0.3, -0.25) is 9.80 Å². The van der Waals surface area contributed by atoms with E-state index in [0.717, 1.165) is 69.8 Å². The van der Waals surface area contributed by atoms with Crippen molar-refractivity contribution in [2.75, 3.05) is 37.6 Å². The second-order valence-electron chi connectivity index (χ2n) is 9.62. The highest BCUT2D eigenvalue weighted by atomic mass is 35.5. The normalized spacial score (nSPS) is 21.7. The minimum atomic E-state index is -0.578. The number of hydrogen-bond donors (Lipinski definition) is 1. The van der Waals surface area contributed by atoms with Crippen molar-refractivity contribution in [3.05, 3.63) is 57.5 Å². The van der Waals surface area contributed by atoms with Gasteiger partial charge >= 0.3 is 0 Å². The number of piperazine rings is 1. The van der Waals surface area contributed by atoms with Crippen LogP contribution in [-0.2, 0) is 6.54 Å². The summed E-state index contributed by atoms with van der Waals surface area (Å²) in [5.41, 5.74) is 1.45. The van der Waals surface area contributed by atoms with Crippen LogP contribution in [0.4, 0.5) is 10.2 Å². The Hall–Kier alpha value is -1.44. The van der Waals surface area contributed by atoms with E-state index in [1.807, 2.05) is 6.07 Å². The van der Waals surface area contributed by atoms with Gasteiger partial charge in [0.25, 0.3) is 0 Å². The Labute approximate surface area is 212 Å². The van der Waals surface area contributed by atoms with Gasteiger partial charge in [0, 0.05) is 60.6 Å². The molecule has 34 heavy (non-hydrogen) atoms. The molecule has 0 amide bonds. The molecule has 1 aromatic heterocycles. The van der Waals surface area contributed by atoms with Crippen molar-refractivity contribution in [2.24, 2.45) is 0 Å². The molecule has 5 nitrogen and oxygen atoms in total. The third-order valence-electron chi connectivity index (χ3n) is 7.21. The van der Waals surface area contributed by atoms with Crippen molar-refractivity contribution >= 4 is 29.0 Å². The van der Waals surface area contributed by atoms with Crippen LogP contribution >= 0.6 is 23.2 Å². The van der Waals surface area contributed by atoms with Gasteiger partial charge < -0.3 is 10.0 Å². The van der Waals surface area contributed by atoms with Gasteiger partial charge in [0.15, 0.2) is 0 Å². The summed E-state index contributed by atoms with van der Waals surface area (Å²) in [4.78, 5) is 11.9. The molecular weight excluding hydrogens is 474 g/mol. The van der Waals surface area contributed by atoms with Gasteiger partial charge in [-0.05, 0) is 57.5 Å². The molecule has 8 heteroatoms. The lowest BCUT2D eigenvalue weighted by Crippen LogP contribution is -2.58. The summed E-state index contributed by atoms with van der Waals surface area (Å²) in [5.74, 6) is 0.592. The number of hydrogen-bond acceptors (Lipinski definition) is 5. The van der Waals surface area contributed by atoms with Gasteiger partial charge in [0.2, 0.25) is 0 Å². The quantitative estimate of drug-likeness (QED) is 0.531. The lowest BCUT2D eigenvalue weighted by Gasteiger charge is -2.48. The van der Waals surface area contributed by atoms with E-state index in [2.05, 4.69) is 26.6 Å². The van der Waals surface area contributed by atoms with E-state index in [4.69, 9.17) is 23.2 Å². The first-order chi connectivity index (χ1) is 16.4. The van der Waals surface area contributed by atoms with Crippen LogP contribution in [0.1, 0.15) is 56.8 Å². The average molecular weight is 509 g/mol. The Kier molecular flexibility index (Phi) is 8.70. The summed E-state index contributed by atoms with van der Waals surface area (Å²) in [6.45, 7) is 9.32. The zero-order valence-electron chi connectivity index (χ0n) is 20.1. The molecule has 1 unspecified atom stereocenters. The smallest absolute Gasteiger partial charge is 0.147 e. The molecule has 1 N–H and O–H groups in total. The molecule has 0 spiro atoms. The Morgan fingerprint density at radius 3 is 2.56 bits per heavy atom. The Morgan fingerprint density at radius 2 is 1.91 bits per heavy atom. The van der Waals surface area contributed by atoms with Gasteiger partial charge in [0.05, 0.1) is 11.1 Å². The predicted molar refractivity (Wildman–Crippen MR) is 137 cm³/mol. The van der Waals surface area contributed by atoms with Crippen LogP contribution in [0.15, 0.2) is 30.5 Å². The topological polar surface area (TPSA) is 42.8 Å². The molecular formula is C26H35Cl2FN4O. The molecule has 0 saturated carbocycles. The summed E-state index contributed by atoms with van der Waals surface area (Å²) in [6, 6.07) is 7.80. The van der Waals surface area contributed by atoms with E-state index in [1.165, 1.54) is 6.07 Å². The van der Waals surface area contributed by atoms with Crippen LogP contribution in [0.2, 0.25) is 10.0 Å². The number of aliphatic hydroxyl groups is 1. The highest BCUT2D eigenvalue weighted by Gasteiger charge is 2.34. The molecule has 0 radical (unpaired) electrons. The molecule has 186 valence electrons. The minimum Gasteiger partial charge on any atom is -0.389 e. The van der Waals surface area contributed by atoms with E-state index in [1.54, 1.807) is 25.3 Å². The molecule has 2 atom stereocenters. The van der Waals surface area contributed by atoms with E-state index in [0.29, 0.717) is 34.2 Å². The summed E-state index contributed by atoms with van der Waals surface area (Å²) >= 11 is 12.4. The molecule has 0 aliphatic carbocycles. The number of anilines is 1. The maximum atomic E-state index is 14.2. The molecule has 2 aromatic rings. The summed E-state index contributed by atoms with van der Waals surface area (Å²) in [7, 11) is 0. The number of pyridine rings is 1. The van der Waals surface area contributed by atoms with Crippen molar-refractivity contribution in [3.63, 3.8) is 0 Å². The first kappa shape index (κ1) is 25.6. The molecule has 3 heterocycles. The zero-order valence-corrected chi connectivity index (χ0v) is 21.6. The number of nitrogens with zero attached hydrogens (tertiary/aromatic N) is 4. The third kappa shape index (κ3) is 6.03. The molecule has 2 aliphatic rings. The van der Waals surface area contributed by atoms with Crippen LogP contribution in [0, 0.1) is 5.82 Å².